The van der Waals surface area contributed by atoms with Crippen LogP contribution in [0.25, 0.3) is 115 Å². The van der Waals surface area contributed by atoms with Crippen molar-refractivity contribution in [3.8, 4) is 28.2 Å². The fourth-order valence-electron chi connectivity index (χ4n) is 10.00. The van der Waals surface area contributed by atoms with Gasteiger partial charge >= 0.3 is 0 Å². The fourth-order valence-corrected chi connectivity index (χ4v) is 10.00. The van der Waals surface area contributed by atoms with E-state index in [1.165, 1.54) is 98.1 Å². The molecule has 0 N–H and O–H groups in total. The Morgan fingerprint density at radius 1 is 0.220 bits per heavy atom. The second-order valence-corrected chi connectivity index (χ2v) is 15.7. The molecular formula is C56H35N3. The lowest BCUT2D eigenvalue weighted by Crippen LogP contribution is -1.99. The standard InChI is InChI=1S/C56H35N3/c1-2-15-40(16-3-1)58-52-23-10-7-20-45(52)48-31-32-49-46-21-8-11-24-53(46)59(56(49)55(48)58)41-17-12-14-38(33-41)39-28-30-47-44-19-6-9-22-51(44)57(54(47)34-39)42-29-27-37-26-25-36-13-4-5-18-43(36)50(37)35-42/h1-35H. The van der Waals surface area contributed by atoms with Crippen molar-refractivity contribution >= 4 is 87.0 Å². The maximum atomic E-state index is 2.49. The summed E-state index contributed by atoms with van der Waals surface area (Å²) in [6, 6.07) is 78.1. The lowest BCUT2D eigenvalue weighted by molar-refractivity contribution is 1.15. The van der Waals surface area contributed by atoms with E-state index in [-0.39, 0.29) is 0 Å². The summed E-state index contributed by atoms with van der Waals surface area (Å²) in [4.78, 5) is 0. The maximum absolute atomic E-state index is 2.49. The van der Waals surface area contributed by atoms with Crippen LogP contribution in [0.2, 0.25) is 0 Å². The topological polar surface area (TPSA) is 14.8 Å². The van der Waals surface area contributed by atoms with Crippen molar-refractivity contribution in [3.63, 3.8) is 0 Å². The minimum absolute atomic E-state index is 1.13. The molecule has 3 aromatic heterocycles. The summed E-state index contributed by atoms with van der Waals surface area (Å²) in [7, 11) is 0. The van der Waals surface area contributed by atoms with E-state index in [1.807, 2.05) is 0 Å². The molecule has 3 nitrogen and oxygen atoms in total. The van der Waals surface area contributed by atoms with Gasteiger partial charge in [-0.05, 0) is 93.3 Å². The smallest absolute Gasteiger partial charge is 0.0788 e. The average Bonchev–Trinajstić information content (AvgIpc) is 3.95. The van der Waals surface area contributed by atoms with Crippen LogP contribution in [0.15, 0.2) is 212 Å². The summed E-state index contributed by atoms with van der Waals surface area (Å²) in [5.74, 6) is 0. The molecule has 0 amide bonds. The first-order valence-corrected chi connectivity index (χ1v) is 20.4. The first-order valence-electron chi connectivity index (χ1n) is 20.4. The predicted octanol–water partition coefficient (Wildman–Crippen LogP) is 15.0. The van der Waals surface area contributed by atoms with Crippen LogP contribution in [0, 0.1) is 0 Å². The summed E-state index contributed by atoms with van der Waals surface area (Å²) >= 11 is 0. The molecule has 13 aromatic rings. The summed E-state index contributed by atoms with van der Waals surface area (Å²) in [5, 5.41) is 12.5. The van der Waals surface area contributed by atoms with Gasteiger partial charge in [-0.15, -0.1) is 0 Å². The molecule has 0 fully saturated rings. The van der Waals surface area contributed by atoms with Crippen LogP contribution >= 0.6 is 0 Å². The zero-order valence-electron chi connectivity index (χ0n) is 32.0. The van der Waals surface area contributed by atoms with Gasteiger partial charge in [0.15, 0.2) is 0 Å². The molecule has 13 rings (SSSR count). The molecule has 3 heterocycles. The summed E-state index contributed by atoms with van der Waals surface area (Å²) in [6.45, 7) is 0. The Morgan fingerprint density at radius 2 is 0.695 bits per heavy atom. The first-order chi connectivity index (χ1) is 29.3. The molecule has 0 radical (unpaired) electrons. The van der Waals surface area contributed by atoms with Crippen molar-refractivity contribution < 1.29 is 0 Å². The van der Waals surface area contributed by atoms with Crippen LogP contribution < -0.4 is 0 Å². The highest BCUT2D eigenvalue weighted by molar-refractivity contribution is 6.24. The molecule has 0 aliphatic heterocycles. The van der Waals surface area contributed by atoms with Crippen LogP contribution in [0.3, 0.4) is 0 Å². The van der Waals surface area contributed by atoms with Crippen LogP contribution in [-0.4, -0.2) is 13.7 Å². The van der Waals surface area contributed by atoms with Gasteiger partial charge in [-0.1, -0.05) is 152 Å². The maximum Gasteiger partial charge on any atom is 0.0788 e. The molecule has 0 saturated heterocycles. The molecule has 274 valence electrons. The number of benzene rings is 10. The molecule has 0 aliphatic carbocycles. The Labute approximate surface area is 339 Å². The van der Waals surface area contributed by atoms with Crippen molar-refractivity contribution in [1.29, 1.82) is 0 Å². The van der Waals surface area contributed by atoms with E-state index in [4.69, 9.17) is 0 Å². The second kappa shape index (κ2) is 12.3. The van der Waals surface area contributed by atoms with Gasteiger partial charge in [-0.2, -0.15) is 0 Å². The Balaban J connectivity index is 1.06. The van der Waals surface area contributed by atoms with Crippen LogP contribution in [0.4, 0.5) is 0 Å². The average molecular weight is 750 g/mol. The van der Waals surface area contributed by atoms with Crippen molar-refractivity contribution in [2.45, 2.75) is 0 Å². The molecule has 0 bridgehead atoms. The Hall–Kier alpha value is -7.88. The molecule has 0 spiro atoms. The number of fused-ring (bicyclic) bond motifs is 13. The van der Waals surface area contributed by atoms with Crippen molar-refractivity contribution in [3.05, 3.63) is 212 Å². The lowest BCUT2D eigenvalue weighted by atomic mass is 10.0. The number of para-hydroxylation sites is 4. The fraction of sp³-hybridized carbons (Fsp3) is 0. The predicted molar refractivity (Wildman–Crippen MR) is 250 cm³/mol. The monoisotopic (exact) mass is 749 g/mol. The molecule has 0 unspecified atom stereocenters. The molecule has 10 aromatic carbocycles. The molecule has 0 saturated carbocycles. The van der Waals surface area contributed by atoms with E-state index in [0.717, 1.165) is 17.1 Å². The molecule has 3 heteroatoms. The third-order valence-corrected chi connectivity index (χ3v) is 12.6. The highest BCUT2D eigenvalue weighted by Crippen LogP contribution is 2.43. The van der Waals surface area contributed by atoms with Gasteiger partial charge < -0.3 is 13.7 Å². The van der Waals surface area contributed by atoms with E-state index in [1.54, 1.807) is 0 Å². The number of hydrogen-bond acceptors (Lipinski definition) is 0. The molecule has 59 heavy (non-hydrogen) atoms. The Bertz CT molecular complexity index is 3840. The van der Waals surface area contributed by atoms with E-state index in [9.17, 15) is 0 Å². The summed E-state index contributed by atoms with van der Waals surface area (Å²) < 4.78 is 7.39. The van der Waals surface area contributed by atoms with E-state index in [2.05, 4.69) is 226 Å². The lowest BCUT2D eigenvalue weighted by Gasteiger charge is -2.14. The Kier molecular flexibility index (Phi) is 6.72. The van der Waals surface area contributed by atoms with Gasteiger partial charge in [-0.3, -0.25) is 0 Å². The van der Waals surface area contributed by atoms with E-state index >= 15 is 0 Å². The summed E-state index contributed by atoms with van der Waals surface area (Å²) in [6.07, 6.45) is 0. The van der Waals surface area contributed by atoms with Crippen molar-refractivity contribution in [1.82, 2.24) is 13.7 Å². The zero-order valence-corrected chi connectivity index (χ0v) is 32.0. The van der Waals surface area contributed by atoms with Gasteiger partial charge in [0.05, 0.1) is 33.1 Å². The van der Waals surface area contributed by atoms with E-state index < -0.39 is 0 Å². The number of rotatable bonds is 4. The first kappa shape index (κ1) is 32.2. The number of aromatic nitrogens is 3. The van der Waals surface area contributed by atoms with Gasteiger partial charge in [0.1, 0.15) is 0 Å². The molecule has 0 aliphatic rings. The van der Waals surface area contributed by atoms with E-state index in [0.29, 0.717) is 0 Å². The number of hydrogen-bond donors (Lipinski definition) is 0. The van der Waals surface area contributed by atoms with Gasteiger partial charge in [-0.25, -0.2) is 0 Å². The molecule has 0 atom stereocenters. The van der Waals surface area contributed by atoms with Crippen LogP contribution in [0.5, 0.6) is 0 Å². The van der Waals surface area contributed by atoms with Crippen LogP contribution in [0.1, 0.15) is 0 Å². The minimum atomic E-state index is 1.13. The highest BCUT2D eigenvalue weighted by atomic mass is 15.0. The largest absolute Gasteiger partial charge is 0.309 e. The summed E-state index contributed by atoms with van der Waals surface area (Å²) in [5.41, 5.74) is 13.0. The van der Waals surface area contributed by atoms with Gasteiger partial charge in [0.2, 0.25) is 0 Å². The highest BCUT2D eigenvalue weighted by Gasteiger charge is 2.21. The molecular weight excluding hydrogens is 715 g/mol. The Morgan fingerprint density at radius 3 is 1.41 bits per heavy atom. The van der Waals surface area contributed by atoms with Gasteiger partial charge in [0, 0.05) is 49.4 Å². The second-order valence-electron chi connectivity index (χ2n) is 15.7. The van der Waals surface area contributed by atoms with Crippen LogP contribution in [-0.2, 0) is 0 Å². The number of nitrogens with zero attached hydrogens (tertiary/aromatic N) is 3. The normalized spacial score (nSPS) is 12.1. The zero-order chi connectivity index (χ0) is 38.6. The van der Waals surface area contributed by atoms with Gasteiger partial charge in [0.25, 0.3) is 0 Å². The SMILES string of the molecule is c1ccc(-n2c3ccccc3c3ccc4c5ccccc5n(-c5cccc(-c6ccc7c8ccccc8n(-c8ccc9ccc%10ccccc%10c9c8)c7c6)c5)c4c32)cc1. The van der Waals surface area contributed by atoms with Crippen molar-refractivity contribution in [2.75, 3.05) is 0 Å². The quantitative estimate of drug-likeness (QED) is 0.159. The van der Waals surface area contributed by atoms with Crippen molar-refractivity contribution in [2.24, 2.45) is 0 Å². The third-order valence-electron chi connectivity index (χ3n) is 12.6. The minimum Gasteiger partial charge on any atom is -0.309 e. The third kappa shape index (κ3) is 4.64.